The third-order valence-electron chi connectivity index (χ3n) is 4.19. The number of ether oxygens (including phenoxy) is 1. The molecule has 1 aromatic heterocycles. The molecule has 3 aromatic rings. The molecule has 2 aromatic carbocycles. The Labute approximate surface area is 174 Å². The SMILES string of the molecule is CN(C)C(=O)c1ccc(NC(=O)COC(=O)Cc2cnn(-c3ccccc3)c2)cc1. The van der Waals surface area contributed by atoms with Gasteiger partial charge in [0.15, 0.2) is 6.61 Å². The van der Waals surface area contributed by atoms with E-state index in [2.05, 4.69) is 10.4 Å². The highest BCUT2D eigenvalue weighted by atomic mass is 16.5. The second-order valence-corrected chi connectivity index (χ2v) is 6.79. The van der Waals surface area contributed by atoms with E-state index in [1.807, 2.05) is 30.3 Å². The number of esters is 1. The van der Waals surface area contributed by atoms with Gasteiger partial charge in [0.25, 0.3) is 11.8 Å². The van der Waals surface area contributed by atoms with Gasteiger partial charge in [0.2, 0.25) is 0 Å². The summed E-state index contributed by atoms with van der Waals surface area (Å²) in [6.45, 7) is -0.399. The van der Waals surface area contributed by atoms with Crippen LogP contribution in [0.4, 0.5) is 5.69 Å². The van der Waals surface area contributed by atoms with Crippen LogP contribution in [0.25, 0.3) is 5.69 Å². The zero-order chi connectivity index (χ0) is 21.5. The second kappa shape index (κ2) is 9.51. The number of amides is 2. The standard InChI is InChI=1S/C22H22N4O4/c1-25(2)22(29)17-8-10-18(11-9-17)24-20(27)15-30-21(28)12-16-13-23-26(14-16)19-6-4-3-5-7-19/h3-11,13-14H,12,15H2,1-2H3,(H,24,27). The Morgan fingerprint density at radius 1 is 1.03 bits per heavy atom. The van der Waals surface area contributed by atoms with E-state index >= 15 is 0 Å². The first-order valence-electron chi connectivity index (χ1n) is 9.28. The van der Waals surface area contributed by atoms with E-state index in [0.29, 0.717) is 16.8 Å². The number of carbonyl (C=O) groups excluding carboxylic acids is 3. The molecule has 0 aliphatic rings. The fourth-order valence-electron chi connectivity index (χ4n) is 2.69. The summed E-state index contributed by atoms with van der Waals surface area (Å²) in [5, 5.41) is 6.85. The van der Waals surface area contributed by atoms with E-state index in [9.17, 15) is 14.4 Å². The fourth-order valence-corrected chi connectivity index (χ4v) is 2.69. The summed E-state index contributed by atoms with van der Waals surface area (Å²) in [4.78, 5) is 37.4. The molecule has 0 fully saturated rings. The van der Waals surface area contributed by atoms with Crippen molar-refractivity contribution in [3.63, 3.8) is 0 Å². The molecule has 0 saturated heterocycles. The van der Waals surface area contributed by atoms with Gasteiger partial charge in [0, 0.05) is 37.1 Å². The molecule has 154 valence electrons. The van der Waals surface area contributed by atoms with Crippen molar-refractivity contribution in [2.45, 2.75) is 6.42 Å². The molecule has 0 bridgehead atoms. The van der Waals surface area contributed by atoms with Crippen LogP contribution in [0.15, 0.2) is 67.0 Å². The maximum absolute atomic E-state index is 12.0. The van der Waals surface area contributed by atoms with Gasteiger partial charge in [-0.05, 0) is 36.4 Å². The lowest BCUT2D eigenvalue weighted by Crippen LogP contribution is -2.22. The lowest BCUT2D eigenvalue weighted by Gasteiger charge is -2.11. The Morgan fingerprint density at radius 2 is 1.73 bits per heavy atom. The van der Waals surface area contributed by atoms with E-state index in [1.54, 1.807) is 55.4 Å². The molecule has 3 rings (SSSR count). The van der Waals surface area contributed by atoms with Crippen molar-refractivity contribution < 1.29 is 19.1 Å². The summed E-state index contributed by atoms with van der Waals surface area (Å²) in [5.74, 6) is -1.11. The average molecular weight is 406 g/mol. The third-order valence-corrected chi connectivity index (χ3v) is 4.19. The van der Waals surface area contributed by atoms with Gasteiger partial charge >= 0.3 is 5.97 Å². The van der Waals surface area contributed by atoms with Crippen molar-refractivity contribution in [3.8, 4) is 5.69 Å². The first-order chi connectivity index (χ1) is 14.4. The molecule has 0 unspecified atom stereocenters. The van der Waals surface area contributed by atoms with E-state index in [0.717, 1.165) is 5.69 Å². The molecular weight excluding hydrogens is 384 g/mol. The maximum Gasteiger partial charge on any atom is 0.310 e. The van der Waals surface area contributed by atoms with Crippen LogP contribution in [0.1, 0.15) is 15.9 Å². The van der Waals surface area contributed by atoms with Crippen molar-refractivity contribution in [1.82, 2.24) is 14.7 Å². The summed E-state index contributed by atoms with van der Waals surface area (Å²) in [7, 11) is 3.33. The van der Waals surface area contributed by atoms with Crippen LogP contribution in [0, 0.1) is 0 Å². The number of hydrogen-bond donors (Lipinski definition) is 1. The Kier molecular flexibility index (Phi) is 6.59. The maximum atomic E-state index is 12.0. The third kappa shape index (κ3) is 5.54. The van der Waals surface area contributed by atoms with Crippen LogP contribution < -0.4 is 5.32 Å². The molecule has 8 nitrogen and oxygen atoms in total. The van der Waals surface area contributed by atoms with Gasteiger partial charge in [-0.3, -0.25) is 14.4 Å². The predicted octanol–water partition coefficient (Wildman–Crippen LogP) is 2.30. The number of nitrogens with one attached hydrogen (secondary N) is 1. The van der Waals surface area contributed by atoms with Crippen molar-refractivity contribution >= 4 is 23.5 Å². The van der Waals surface area contributed by atoms with Gasteiger partial charge in [-0.1, -0.05) is 18.2 Å². The highest BCUT2D eigenvalue weighted by molar-refractivity contribution is 5.96. The number of benzene rings is 2. The fraction of sp³-hybridized carbons (Fsp3) is 0.182. The predicted molar refractivity (Wildman–Crippen MR) is 111 cm³/mol. The smallest absolute Gasteiger partial charge is 0.310 e. The summed E-state index contributed by atoms with van der Waals surface area (Å²) < 4.78 is 6.71. The van der Waals surface area contributed by atoms with Gasteiger partial charge in [-0.15, -0.1) is 0 Å². The molecule has 0 atom stereocenters. The van der Waals surface area contributed by atoms with Gasteiger partial charge in [0.1, 0.15) is 0 Å². The minimum atomic E-state index is -0.523. The number of carbonyl (C=O) groups is 3. The van der Waals surface area contributed by atoms with Crippen LogP contribution in [-0.4, -0.2) is 53.2 Å². The highest BCUT2D eigenvalue weighted by Gasteiger charge is 2.12. The van der Waals surface area contributed by atoms with Gasteiger partial charge in [-0.2, -0.15) is 5.10 Å². The van der Waals surface area contributed by atoms with Crippen LogP contribution >= 0.6 is 0 Å². The van der Waals surface area contributed by atoms with E-state index in [-0.39, 0.29) is 12.3 Å². The molecule has 2 amide bonds. The number of para-hydroxylation sites is 1. The van der Waals surface area contributed by atoms with E-state index < -0.39 is 18.5 Å². The van der Waals surface area contributed by atoms with Crippen LogP contribution in [0.5, 0.6) is 0 Å². The molecule has 0 saturated carbocycles. The molecule has 1 N–H and O–H groups in total. The zero-order valence-corrected chi connectivity index (χ0v) is 16.7. The number of rotatable bonds is 7. The highest BCUT2D eigenvalue weighted by Crippen LogP contribution is 2.11. The minimum absolute atomic E-state index is 0.0153. The van der Waals surface area contributed by atoms with E-state index in [4.69, 9.17) is 4.74 Å². The monoisotopic (exact) mass is 406 g/mol. The summed E-state index contributed by atoms with van der Waals surface area (Å²) in [5.41, 5.74) is 2.59. The number of hydrogen-bond acceptors (Lipinski definition) is 5. The summed E-state index contributed by atoms with van der Waals surface area (Å²) >= 11 is 0. The minimum Gasteiger partial charge on any atom is -0.455 e. The Morgan fingerprint density at radius 3 is 2.40 bits per heavy atom. The topological polar surface area (TPSA) is 93.5 Å². The van der Waals surface area contributed by atoms with Crippen molar-refractivity contribution in [1.29, 1.82) is 0 Å². The Hall–Kier alpha value is -3.94. The Bertz CT molecular complexity index is 1030. The average Bonchev–Trinajstić information content (AvgIpc) is 3.21. The number of aromatic nitrogens is 2. The summed E-state index contributed by atoms with van der Waals surface area (Å²) in [6.07, 6.45) is 3.35. The number of nitrogens with zero attached hydrogens (tertiary/aromatic N) is 3. The van der Waals surface area contributed by atoms with E-state index in [1.165, 1.54) is 4.90 Å². The van der Waals surface area contributed by atoms with Crippen LogP contribution in [0.2, 0.25) is 0 Å². The van der Waals surface area contributed by atoms with Crippen LogP contribution in [0.3, 0.4) is 0 Å². The van der Waals surface area contributed by atoms with Gasteiger partial charge in [-0.25, -0.2) is 4.68 Å². The summed E-state index contributed by atoms with van der Waals surface area (Å²) in [6, 6.07) is 16.0. The quantitative estimate of drug-likeness (QED) is 0.608. The van der Waals surface area contributed by atoms with Gasteiger partial charge < -0.3 is 15.0 Å². The second-order valence-electron chi connectivity index (χ2n) is 6.79. The zero-order valence-electron chi connectivity index (χ0n) is 16.7. The van der Waals surface area contributed by atoms with Gasteiger partial charge in [0.05, 0.1) is 18.3 Å². The molecule has 8 heteroatoms. The molecule has 1 heterocycles. The normalized spacial score (nSPS) is 10.3. The number of anilines is 1. The van der Waals surface area contributed by atoms with Crippen molar-refractivity contribution in [2.75, 3.05) is 26.0 Å². The first-order valence-corrected chi connectivity index (χ1v) is 9.28. The molecule has 0 spiro atoms. The lowest BCUT2D eigenvalue weighted by atomic mass is 10.2. The molecule has 0 radical (unpaired) electrons. The molecular formula is C22H22N4O4. The van der Waals surface area contributed by atoms with Crippen molar-refractivity contribution in [2.24, 2.45) is 0 Å². The lowest BCUT2D eigenvalue weighted by molar-refractivity contribution is -0.146. The molecule has 0 aliphatic heterocycles. The molecule has 0 aliphatic carbocycles. The Balaban J connectivity index is 1.46. The van der Waals surface area contributed by atoms with Crippen LogP contribution in [-0.2, 0) is 20.7 Å². The largest absolute Gasteiger partial charge is 0.455 e. The molecule has 30 heavy (non-hydrogen) atoms. The van der Waals surface area contributed by atoms with Crippen molar-refractivity contribution in [3.05, 3.63) is 78.1 Å². The first kappa shape index (κ1) is 20.8.